The van der Waals surface area contributed by atoms with Crippen LogP contribution in [-0.2, 0) is 25.4 Å². The van der Waals surface area contributed by atoms with Crippen LogP contribution in [0.25, 0.3) is 0 Å². The van der Waals surface area contributed by atoms with Gasteiger partial charge in [0.1, 0.15) is 19.3 Å². The number of aromatic nitrogens is 2. The van der Waals surface area contributed by atoms with E-state index in [9.17, 15) is 34.0 Å². The van der Waals surface area contributed by atoms with Crippen LogP contribution in [0.5, 0.6) is 0 Å². The van der Waals surface area contributed by atoms with Crippen molar-refractivity contribution in [2.24, 2.45) is 0 Å². The minimum atomic E-state index is -3.09. The molecule has 1 aromatic heterocycles. The number of aryl methyl sites for hydroxylation is 1. The molecule has 12 heteroatoms. The lowest BCUT2D eigenvalue weighted by Gasteiger charge is -2.24. The van der Waals surface area contributed by atoms with Gasteiger partial charge in [0.05, 0.1) is 20.3 Å². The average Bonchev–Trinajstić information content (AvgIpc) is 2.76. The summed E-state index contributed by atoms with van der Waals surface area (Å²) in [6, 6.07) is 7.75. The molecule has 0 saturated carbocycles. The largest absolute Gasteiger partial charge is 0.467 e. The molecule has 0 bridgehead atoms. The number of nitrogens with zero attached hydrogens (tertiary/aromatic N) is 2. The molecule has 0 amide bonds. The smallest absolute Gasteiger partial charge is 0.342 e. The number of carbonyl (C=O) groups excluding carboxylic acids is 2. The molecule has 0 radical (unpaired) electrons. The first-order chi connectivity index (χ1) is 15.4. The number of rotatable bonds is 9. The van der Waals surface area contributed by atoms with E-state index in [1.54, 1.807) is 18.2 Å². The Hall–Kier alpha value is -2.85. The summed E-state index contributed by atoms with van der Waals surface area (Å²) in [6.07, 6.45) is -1.99. The van der Waals surface area contributed by atoms with Crippen LogP contribution in [0.2, 0.25) is 0 Å². The highest BCUT2D eigenvalue weighted by molar-refractivity contribution is 7.63. The zero-order chi connectivity index (χ0) is 24.9. The van der Waals surface area contributed by atoms with Crippen molar-refractivity contribution in [3.8, 4) is 0 Å². The van der Waals surface area contributed by atoms with Crippen molar-refractivity contribution in [2.45, 2.75) is 31.5 Å². The van der Waals surface area contributed by atoms with E-state index < -0.39 is 61.5 Å². The SMILES string of the molecule is COC(=O)C(OC[C@H](O)[C@H](O)Cn1cc(C)c(=O)n(C(=O)c2ccccc2)c1=O)P(C)(C)=O. The highest BCUT2D eigenvalue weighted by atomic mass is 31.2. The van der Waals surface area contributed by atoms with Crippen molar-refractivity contribution >= 4 is 19.0 Å². The Labute approximate surface area is 189 Å². The molecule has 180 valence electrons. The molecular formula is C21H27N2O9P. The Morgan fingerprint density at radius 3 is 2.24 bits per heavy atom. The monoisotopic (exact) mass is 482 g/mol. The Bertz CT molecular complexity index is 1170. The molecule has 1 heterocycles. The minimum Gasteiger partial charge on any atom is -0.467 e. The van der Waals surface area contributed by atoms with Crippen LogP contribution in [0.4, 0.5) is 0 Å². The molecule has 11 nitrogen and oxygen atoms in total. The highest BCUT2D eigenvalue weighted by Crippen LogP contribution is 2.43. The van der Waals surface area contributed by atoms with E-state index in [-0.39, 0.29) is 11.1 Å². The molecule has 3 atom stereocenters. The number of esters is 1. The van der Waals surface area contributed by atoms with Crippen molar-refractivity contribution in [1.82, 2.24) is 9.13 Å². The number of aliphatic hydroxyl groups excluding tert-OH is 2. The zero-order valence-electron chi connectivity index (χ0n) is 18.7. The molecule has 1 aromatic carbocycles. The van der Waals surface area contributed by atoms with E-state index in [1.807, 2.05) is 0 Å². The maximum Gasteiger partial charge on any atom is 0.342 e. The third-order valence-corrected chi connectivity index (χ3v) is 6.26. The molecule has 0 fully saturated rings. The lowest BCUT2D eigenvalue weighted by atomic mass is 10.2. The van der Waals surface area contributed by atoms with Gasteiger partial charge in [-0.1, -0.05) is 18.2 Å². The van der Waals surface area contributed by atoms with E-state index in [1.165, 1.54) is 38.6 Å². The Morgan fingerprint density at radius 2 is 1.70 bits per heavy atom. The number of ether oxygens (including phenoxy) is 2. The fourth-order valence-electron chi connectivity index (χ4n) is 2.98. The van der Waals surface area contributed by atoms with Gasteiger partial charge in [-0.3, -0.25) is 14.2 Å². The third kappa shape index (κ3) is 6.35. The molecule has 2 rings (SSSR count). The summed E-state index contributed by atoms with van der Waals surface area (Å²) in [4.78, 5) is 49.8. The Kier molecular flexibility index (Phi) is 8.68. The molecule has 2 aromatic rings. The van der Waals surface area contributed by atoms with Crippen LogP contribution in [0.3, 0.4) is 0 Å². The number of carbonyl (C=O) groups is 2. The van der Waals surface area contributed by atoms with E-state index in [0.717, 1.165) is 11.7 Å². The van der Waals surface area contributed by atoms with Crippen molar-refractivity contribution in [1.29, 1.82) is 0 Å². The van der Waals surface area contributed by atoms with Gasteiger partial charge in [-0.15, -0.1) is 0 Å². The van der Waals surface area contributed by atoms with Gasteiger partial charge in [-0.25, -0.2) is 9.59 Å². The molecule has 33 heavy (non-hydrogen) atoms. The second-order valence-electron chi connectivity index (χ2n) is 7.84. The molecule has 0 aliphatic rings. The average molecular weight is 482 g/mol. The van der Waals surface area contributed by atoms with Gasteiger partial charge in [-0.2, -0.15) is 4.57 Å². The summed E-state index contributed by atoms with van der Waals surface area (Å²) in [7, 11) is -1.99. The van der Waals surface area contributed by atoms with Gasteiger partial charge in [0.15, 0.2) is 0 Å². The van der Waals surface area contributed by atoms with Crippen LogP contribution in [-0.4, -0.2) is 76.3 Å². The predicted octanol–water partition coefficient (Wildman–Crippen LogP) is -0.133. The molecular weight excluding hydrogens is 455 g/mol. The van der Waals surface area contributed by atoms with Crippen LogP contribution < -0.4 is 11.2 Å². The van der Waals surface area contributed by atoms with Gasteiger partial charge >= 0.3 is 11.7 Å². The summed E-state index contributed by atoms with van der Waals surface area (Å²) >= 11 is 0. The van der Waals surface area contributed by atoms with E-state index >= 15 is 0 Å². The quantitative estimate of drug-likeness (QED) is 0.367. The fraction of sp³-hybridized carbons (Fsp3) is 0.429. The van der Waals surface area contributed by atoms with Gasteiger partial charge in [0.2, 0.25) is 5.85 Å². The molecule has 1 unspecified atom stereocenters. The lowest BCUT2D eigenvalue weighted by Crippen LogP contribution is -2.47. The standard InChI is InChI=1S/C21H27N2O9P/c1-13-10-22(21(29)23(17(13)26)18(27)14-8-6-5-7-9-14)11-15(24)16(25)12-32-20(19(28)31-2)33(3,4)30/h5-10,15-16,20,24-25H,11-12H2,1-4H3/t15-,16+,20?/m1/s1. The molecule has 2 N–H and O–H groups in total. The molecule has 0 spiro atoms. The van der Waals surface area contributed by atoms with Crippen molar-refractivity contribution in [3.63, 3.8) is 0 Å². The summed E-state index contributed by atoms with van der Waals surface area (Å²) < 4.78 is 23.4. The Balaban J connectivity index is 2.25. The van der Waals surface area contributed by atoms with Crippen molar-refractivity contribution < 1.29 is 33.8 Å². The third-order valence-electron chi connectivity index (χ3n) is 4.77. The van der Waals surface area contributed by atoms with Crippen LogP contribution in [0.15, 0.2) is 46.1 Å². The second kappa shape index (κ2) is 10.8. The van der Waals surface area contributed by atoms with Gasteiger partial charge in [0, 0.05) is 17.3 Å². The van der Waals surface area contributed by atoms with E-state index in [4.69, 9.17) is 4.74 Å². The number of hydrogen-bond acceptors (Lipinski definition) is 9. The number of methoxy groups -OCH3 is 1. The number of benzene rings is 1. The predicted molar refractivity (Wildman–Crippen MR) is 119 cm³/mol. The zero-order valence-corrected chi connectivity index (χ0v) is 19.6. The molecule has 0 aliphatic carbocycles. The first-order valence-corrected chi connectivity index (χ1v) is 12.6. The van der Waals surface area contributed by atoms with Gasteiger partial charge in [0.25, 0.3) is 11.5 Å². The van der Waals surface area contributed by atoms with E-state index in [0.29, 0.717) is 4.57 Å². The number of aliphatic hydroxyl groups is 2. The first-order valence-electron chi connectivity index (χ1n) is 9.91. The highest BCUT2D eigenvalue weighted by Gasteiger charge is 2.34. The second-order valence-corrected chi connectivity index (χ2v) is 11.2. The molecule has 0 aliphatic heterocycles. The topological polar surface area (TPSA) is 154 Å². The van der Waals surface area contributed by atoms with Crippen molar-refractivity contribution in [2.75, 3.05) is 27.0 Å². The fourth-order valence-corrected chi connectivity index (χ4v) is 4.04. The normalized spacial score (nSPS) is 14.4. The van der Waals surface area contributed by atoms with Crippen molar-refractivity contribution in [3.05, 3.63) is 68.5 Å². The van der Waals surface area contributed by atoms with Gasteiger partial charge < -0.3 is 24.3 Å². The lowest BCUT2D eigenvalue weighted by molar-refractivity contribution is -0.151. The first kappa shape index (κ1) is 26.4. The van der Waals surface area contributed by atoms with Crippen LogP contribution in [0, 0.1) is 6.92 Å². The molecule has 0 saturated heterocycles. The summed E-state index contributed by atoms with van der Waals surface area (Å²) in [5, 5.41) is 20.6. The van der Waals surface area contributed by atoms with Gasteiger partial charge in [-0.05, 0) is 32.4 Å². The maximum absolute atomic E-state index is 12.8. The summed E-state index contributed by atoms with van der Waals surface area (Å²) in [5.74, 6) is -3.15. The minimum absolute atomic E-state index is 0.0699. The van der Waals surface area contributed by atoms with Crippen LogP contribution in [0.1, 0.15) is 15.9 Å². The summed E-state index contributed by atoms with van der Waals surface area (Å²) in [5.41, 5.74) is -1.60. The maximum atomic E-state index is 12.8. The van der Waals surface area contributed by atoms with E-state index in [2.05, 4.69) is 4.74 Å². The Morgan fingerprint density at radius 1 is 1.09 bits per heavy atom. The summed E-state index contributed by atoms with van der Waals surface area (Å²) in [6.45, 7) is 2.97. The van der Waals surface area contributed by atoms with Crippen LogP contribution >= 0.6 is 7.14 Å². The number of hydrogen-bond donors (Lipinski definition) is 2.